The van der Waals surface area contributed by atoms with Gasteiger partial charge < -0.3 is 10.1 Å². The molecule has 1 heterocycles. The van der Waals surface area contributed by atoms with E-state index in [0.29, 0.717) is 12.5 Å². The maximum Gasteiger partial charge on any atom is 0.252 e. The number of halogens is 1. The number of hydrogen-bond acceptors (Lipinski definition) is 2. The van der Waals surface area contributed by atoms with Crippen LogP contribution in [-0.2, 0) is 9.53 Å². The summed E-state index contributed by atoms with van der Waals surface area (Å²) in [5.41, 5.74) is -0.600. The molecule has 1 saturated heterocycles. The summed E-state index contributed by atoms with van der Waals surface area (Å²) < 4.78 is 5.53. The molecule has 1 rings (SSSR count). The number of amides is 1. The van der Waals surface area contributed by atoms with Gasteiger partial charge in [-0.25, -0.2) is 0 Å². The summed E-state index contributed by atoms with van der Waals surface area (Å²) in [5.74, 6) is 0.621. The van der Waals surface area contributed by atoms with Crippen LogP contribution < -0.4 is 5.32 Å². The highest BCUT2D eigenvalue weighted by molar-refractivity contribution is 9.09. The molecule has 4 heteroatoms. The van der Waals surface area contributed by atoms with Crippen molar-refractivity contribution in [1.29, 1.82) is 0 Å². The number of ether oxygens (including phenoxy) is 1. The molecule has 1 fully saturated rings. The van der Waals surface area contributed by atoms with Crippen molar-refractivity contribution in [3.63, 3.8) is 0 Å². The van der Waals surface area contributed by atoms with E-state index in [-0.39, 0.29) is 11.9 Å². The Morgan fingerprint density at radius 2 is 2.25 bits per heavy atom. The monoisotopic (exact) mass is 291 g/mol. The van der Waals surface area contributed by atoms with Crippen LogP contribution in [0.15, 0.2) is 0 Å². The second-order valence-electron chi connectivity index (χ2n) is 5.14. The van der Waals surface area contributed by atoms with Crippen LogP contribution in [0.1, 0.15) is 40.0 Å². The van der Waals surface area contributed by atoms with Crippen LogP contribution in [0, 0.1) is 5.92 Å². The minimum atomic E-state index is -0.600. The summed E-state index contributed by atoms with van der Waals surface area (Å²) >= 11 is 3.44. The average Bonchev–Trinajstić information content (AvgIpc) is 2.64. The molecular weight excluding hydrogens is 270 g/mol. The van der Waals surface area contributed by atoms with Crippen molar-refractivity contribution in [2.75, 3.05) is 11.9 Å². The Hall–Kier alpha value is -0.0900. The Balaban J connectivity index is 2.48. The summed E-state index contributed by atoms with van der Waals surface area (Å²) in [6.45, 7) is 6.91. The zero-order chi connectivity index (χ0) is 12.2. The van der Waals surface area contributed by atoms with E-state index in [1.54, 1.807) is 0 Å². The van der Waals surface area contributed by atoms with Crippen LogP contribution in [0.4, 0.5) is 0 Å². The second kappa shape index (κ2) is 6.01. The largest absolute Gasteiger partial charge is 0.365 e. The summed E-state index contributed by atoms with van der Waals surface area (Å²) in [4.78, 5) is 12.1. The predicted molar refractivity (Wildman–Crippen MR) is 68.8 cm³/mol. The molecule has 2 unspecified atom stereocenters. The van der Waals surface area contributed by atoms with Crippen molar-refractivity contribution in [1.82, 2.24) is 5.32 Å². The van der Waals surface area contributed by atoms with E-state index in [2.05, 4.69) is 35.1 Å². The minimum absolute atomic E-state index is 0.0371. The van der Waals surface area contributed by atoms with Crippen LogP contribution in [0.5, 0.6) is 0 Å². The summed E-state index contributed by atoms with van der Waals surface area (Å²) in [6, 6.07) is 0.202. The number of rotatable bonds is 5. The standard InChI is InChI=1S/C12H22BrNO2/c1-9(2)7-10(8-13)14-11(15)12(3)5-4-6-16-12/h9-10H,4-8H2,1-3H3,(H,14,15). The minimum Gasteiger partial charge on any atom is -0.365 e. The fraction of sp³-hybridized carbons (Fsp3) is 0.917. The SMILES string of the molecule is CC(C)CC(CBr)NC(=O)C1(C)CCCO1. The second-order valence-corrected chi connectivity index (χ2v) is 5.78. The summed E-state index contributed by atoms with van der Waals surface area (Å²) in [7, 11) is 0. The van der Waals surface area contributed by atoms with Gasteiger partial charge >= 0.3 is 0 Å². The van der Waals surface area contributed by atoms with Gasteiger partial charge in [-0.3, -0.25) is 4.79 Å². The molecule has 0 spiro atoms. The summed E-state index contributed by atoms with van der Waals surface area (Å²) in [6.07, 6.45) is 2.80. The first kappa shape index (κ1) is 14.0. The lowest BCUT2D eigenvalue weighted by molar-refractivity contribution is -0.140. The first-order chi connectivity index (χ1) is 7.48. The fourth-order valence-electron chi connectivity index (χ4n) is 2.03. The third-order valence-corrected chi connectivity index (χ3v) is 3.76. The lowest BCUT2D eigenvalue weighted by Gasteiger charge is -2.26. The lowest BCUT2D eigenvalue weighted by Crippen LogP contribution is -2.49. The van der Waals surface area contributed by atoms with E-state index in [9.17, 15) is 4.79 Å². The van der Waals surface area contributed by atoms with Gasteiger partial charge in [0.1, 0.15) is 5.60 Å². The zero-order valence-electron chi connectivity index (χ0n) is 10.4. The molecule has 94 valence electrons. The van der Waals surface area contributed by atoms with Gasteiger partial charge in [0.05, 0.1) is 0 Å². The number of carbonyl (C=O) groups is 1. The van der Waals surface area contributed by atoms with Crippen molar-refractivity contribution in [3.05, 3.63) is 0 Å². The van der Waals surface area contributed by atoms with Crippen LogP contribution in [0.3, 0.4) is 0 Å². The first-order valence-corrected chi connectivity index (χ1v) is 7.11. The highest BCUT2D eigenvalue weighted by Gasteiger charge is 2.38. The van der Waals surface area contributed by atoms with Crippen molar-refractivity contribution in [2.45, 2.75) is 51.7 Å². The molecule has 0 aliphatic carbocycles. The third kappa shape index (κ3) is 3.74. The molecule has 1 amide bonds. The Morgan fingerprint density at radius 3 is 2.69 bits per heavy atom. The van der Waals surface area contributed by atoms with Gasteiger partial charge in [-0.15, -0.1) is 0 Å². The molecule has 0 aromatic rings. The van der Waals surface area contributed by atoms with Gasteiger partial charge in [0.25, 0.3) is 5.91 Å². The zero-order valence-corrected chi connectivity index (χ0v) is 12.0. The number of carbonyl (C=O) groups excluding carboxylic acids is 1. The normalized spacial score (nSPS) is 27.1. The molecule has 1 aliphatic heterocycles. The van der Waals surface area contributed by atoms with Crippen LogP contribution in [-0.4, -0.2) is 29.5 Å². The van der Waals surface area contributed by atoms with Gasteiger partial charge in [-0.2, -0.15) is 0 Å². The molecule has 0 saturated carbocycles. The number of alkyl halides is 1. The molecule has 1 N–H and O–H groups in total. The number of nitrogens with one attached hydrogen (secondary N) is 1. The maximum absolute atomic E-state index is 12.1. The Kier molecular flexibility index (Phi) is 5.25. The molecule has 0 aromatic heterocycles. The third-order valence-electron chi connectivity index (χ3n) is 2.98. The smallest absolute Gasteiger partial charge is 0.252 e. The Labute approximate surface area is 106 Å². The van der Waals surface area contributed by atoms with E-state index in [0.717, 1.165) is 24.6 Å². The molecule has 0 aromatic carbocycles. The van der Waals surface area contributed by atoms with Crippen molar-refractivity contribution >= 4 is 21.8 Å². The molecule has 2 atom stereocenters. The lowest BCUT2D eigenvalue weighted by atomic mass is 10.00. The Bertz CT molecular complexity index is 237. The first-order valence-electron chi connectivity index (χ1n) is 5.99. The maximum atomic E-state index is 12.1. The molecule has 0 bridgehead atoms. The van der Waals surface area contributed by atoms with E-state index in [4.69, 9.17) is 4.74 Å². The van der Waals surface area contributed by atoms with Crippen LogP contribution in [0.2, 0.25) is 0 Å². The molecular formula is C12H22BrNO2. The predicted octanol–water partition coefficient (Wildman–Crippen LogP) is 2.48. The molecule has 16 heavy (non-hydrogen) atoms. The summed E-state index contributed by atoms with van der Waals surface area (Å²) in [5, 5.41) is 3.87. The highest BCUT2D eigenvalue weighted by Crippen LogP contribution is 2.25. The average molecular weight is 292 g/mol. The van der Waals surface area contributed by atoms with E-state index in [1.165, 1.54) is 0 Å². The van der Waals surface area contributed by atoms with Crippen molar-refractivity contribution in [3.8, 4) is 0 Å². The molecule has 3 nitrogen and oxygen atoms in total. The Morgan fingerprint density at radius 1 is 1.56 bits per heavy atom. The van der Waals surface area contributed by atoms with E-state index >= 15 is 0 Å². The van der Waals surface area contributed by atoms with E-state index < -0.39 is 5.60 Å². The van der Waals surface area contributed by atoms with Crippen LogP contribution >= 0.6 is 15.9 Å². The van der Waals surface area contributed by atoms with Gasteiger partial charge in [-0.1, -0.05) is 29.8 Å². The van der Waals surface area contributed by atoms with Crippen LogP contribution in [0.25, 0.3) is 0 Å². The van der Waals surface area contributed by atoms with E-state index in [1.807, 2.05) is 6.92 Å². The number of hydrogen-bond donors (Lipinski definition) is 1. The van der Waals surface area contributed by atoms with Gasteiger partial charge in [-0.05, 0) is 32.1 Å². The molecule has 1 aliphatic rings. The van der Waals surface area contributed by atoms with Crippen molar-refractivity contribution < 1.29 is 9.53 Å². The quantitative estimate of drug-likeness (QED) is 0.791. The fourth-order valence-corrected chi connectivity index (χ4v) is 2.45. The topological polar surface area (TPSA) is 38.3 Å². The van der Waals surface area contributed by atoms with Gasteiger partial charge in [0.15, 0.2) is 0 Å². The molecule has 0 radical (unpaired) electrons. The van der Waals surface area contributed by atoms with Gasteiger partial charge in [0, 0.05) is 18.0 Å². The van der Waals surface area contributed by atoms with Crippen molar-refractivity contribution in [2.24, 2.45) is 5.92 Å². The highest BCUT2D eigenvalue weighted by atomic mass is 79.9. The van der Waals surface area contributed by atoms with Gasteiger partial charge in [0.2, 0.25) is 0 Å².